The van der Waals surface area contributed by atoms with E-state index in [1.165, 1.54) is 6.26 Å². The van der Waals surface area contributed by atoms with Gasteiger partial charge in [-0.3, -0.25) is 9.59 Å². The van der Waals surface area contributed by atoms with Crippen molar-refractivity contribution in [3.05, 3.63) is 52.4 Å². The second-order valence-electron chi connectivity index (χ2n) is 4.53. The highest BCUT2D eigenvalue weighted by molar-refractivity contribution is 9.10. The lowest BCUT2D eigenvalue weighted by atomic mass is 10.2. The number of benzene rings is 1. The van der Waals surface area contributed by atoms with Crippen molar-refractivity contribution in [1.29, 1.82) is 0 Å². The molecule has 22 heavy (non-hydrogen) atoms. The van der Waals surface area contributed by atoms with Gasteiger partial charge in [-0.05, 0) is 49.7 Å². The van der Waals surface area contributed by atoms with Gasteiger partial charge in [0.15, 0.2) is 0 Å². The summed E-state index contributed by atoms with van der Waals surface area (Å²) in [4.78, 5) is 23.6. The highest BCUT2D eigenvalue weighted by atomic mass is 79.9. The first-order valence-electron chi connectivity index (χ1n) is 6.43. The molecule has 2 N–H and O–H groups in total. The van der Waals surface area contributed by atoms with E-state index < -0.39 is 11.8 Å². The van der Waals surface area contributed by atoms with E-state index in [0.717, 1.165) is 10.0 Å². The van der Waals surface area contributed by atoms with Crippen LogP contribution in [0.1, 0.15) is 18.2 Å². The second-order valence-corrected chi connectivity index (χ2v) is 5.44. The lowest BCUT2D eigenvalue weighted by Crippen LogP contribution is -2.33. The molecule has 0 saturated carbocycles. The molecule has 0 saturated heterocycles. The Bertz CT molecular complexity index is 724. The summed E-state index contributed by atoms with van der Waals surface area (Å²) >= 11 is 3.33. The molecular weight excluding hydrogens is 350 g/mol. The largest absolute Gasteiger partial charge is 0.463 e. The van der Waals surface area contributed by atoms with Gasteiger partial charge in [0.25, 0.3) is 0 Å². The van der Waals surface area contributed by atoms with Gasteiger partial charge < -0.3 is 9.73 Å². The van der Waals surface area contributed by atoms with Gasteiger partial charge in [0, 0.05) is 10.2 Å². The van der Waals surface area contributed by atoms with E-state index in [2.05, 4.69) is 31.8 Å². The first-order valence-corrected chi connectivity index (χ1v) is 7.22. The molecule has 0 bridgehead atoms. The first kappa shape index (κ1) is 16.0. The molecular formula is C15H14BrN3O3. The summed E-state index contributed by atoms with van der Waals surface area (Å²) in [5.41, 5.74) is 4.06. The number of nitrogens with one attached hydrogen (secondary N) is 2. The Morgan fingerprint density at radius 2 is 2.00 bits per heavy atom. The Kier molecular flexibility index (Phi) is 5.11. The van der Waals surface area contributed by atoms with Crippen molar-refractivity contribution < 1.29 is 14.0 Å². The number of anilines is 1. The summed E-state index contributed by atoms with van der Waals surface area (Å²) in [7, 11) is 0. The number of halogens is 1. The predicted molar refractivity (Wildman–Crippen MR) is 86.6 cm³/mol. The Labute approximate surface area is 135 Å². The van der Waals surface area contributed by atoms with Crippen LogP contribution in [0.5, 0.6) is 0 Å². The van der Waals surface area contributed by atoms with Crippen LogP contribution in [0, 0.1) is 6.92 Å². The predicted octanol–water partition coefficient (Wildman–Crippen LogP) is 2.83. The van der Waals surface area contributed by atoms with E-state index in [1.807, 2.05) is 13.0 Å². The Morgan fingerprint density at radius 1 is 1.23 bits per heavy atom. The van der Waals surface area contributed by atoms with Crippen molar-refractivity contribution in [2.24, 2.45) is 5.10 Å². The van der Waals surface area contributed by atoms with Crippen molar-refractivity contribution in [1.82, 2.24) is 5.43 Å². The quantitative estimate of drug-likeness (QED) is 0.499. The summed E-state index contributed by atoms with van der Waals surface area (Å²) in [5, 5.41) is 6.35. The smallest absolute Gasteiger partial charge is 0.329 e. The van der Waals surface area contributed by atoms with E-state index in [9.17, 15) is 9.59 Å². The monoisotopic (exact) mass is 363 g/mol. The molecule has 0 atom stereocenters. The topological polar surface area (TPSA) is 83.7 Å². The van der Waals surface area contributed by atoms with Crippen LogP contribution in [0.2, 0.25) is 0 Å². The zero-order chi connectivity index (χ0) is 16.1. The molecule has 114 valence electrons. The normalized spacial score (nSPS) is 11.1. The Balaban J connectivity index is 1.98. The van der Waals surface area contributed by atoms with Crippen LogP contribution >= 0.6 is 15.9 Å². The maximum Gasteiger partial charge on any atom is 0.329 e. The summed E-state index contributed by atoms with van der Waals surface area (Å²) in [6.07, 6.45) is 1.50. The zero-order valence-electron chi connectivity index (χ0n) is 12.0. The minimum Gasteiger partial charge on any atom is -0.463 e. The van der Waals surface area contributed by atoms with Gasteiger partial charge in [0.2, 0.25) is 0 Å². The molecule has 2 aromatic rings. The van der Waals surface area contributed by atoms with Gasteiger partial charge >= 0.3 is 11.8 Å². The maximum absolute atomic E-state index is 11.8. The average molecular weight is 364 g/mol. The molecule has 6 nitrogen and oxygen atoms in total. The number of hydrogen-bond acceptors (Lipinski definition) is 4. The molecule has 1 aromatic carbocycles. The van der Waals surface area contributed by atoms with Crippen LogP contribution in [-0.4, -0.2) is 17.5 Å². The summed E-state index contributed by atoms with van der Waals surface area (Å²) in [5.74, 6) is -1.13. The average Bonchev–Trinajstić information content (AvgIpc) is 3.01. The third-order valence-electron chi connectivity index (χ3n) is 2.85. The van der Waals surface area contributed by atoms with Crippen LogP contribution < -0.4 is 10.7 Å². The summed E-state index contributed by atoms with van der Waals surface area (Å²) in [6, 6.07) is 8.74. The summed E-state index contributed by atoms with van der Waals surface area (Å²) in [6.45, 7) is 3.49. The van der Waals surface area contributed by atoms with Crippen LogP contribution in [0.15, 0.2) is 50.6 Å². The van der Waals surface area contributed by atoms with Crippen molar-refractivity contribution in [2.75, 3.05) is 5.32 Å². The maximum atomic E-state index is 11.8. The molecule has 0 aliphatic rings. The highest BCUT2D eigenvalue weighted by Gasteiger charge is 2.14. The fraction of sp³-hybridized carbons (Fsp3) is 0.133. The molecule has 0 radical (unpaired) electrons. The molecule has 0 aliphatic carbocycles. The number of nitrogens with zero attached hydrogens (tertiary/aromatic N) is 1. The van der Waals surface area contributed by atoms with Gasteiger partial charge in [-0.25, -0.2) is 5.43 Å². The third-order valence-corrected chi connectivity index (χ3v) is 3.34. The van der Waals surface area contributed by atoms with Crippen molar-refractivity contribution in [3.63, 3.8) is 0 Å². The van der Waals surface area contributed by atoms with Crippen molar-refractivity contribution in [2.45, 2.75) is 13.8 Å². The molecule has 0 fully saturated rings. The number of aryl methyl sites for hydroxylation is 1. The molecule has 0 unspecified atom stereocenters. The molecule has 2 rings (SSSR count). The van der Waals surface area contributed by atoms with E-state index in [0.29, 0.717) is 17.2 Å². The standard InChI is InChI=1S/C15H14BrN3O3/c1-9-8-11(16)5-6-12(9)17-14(20)15(21)19-18-10(2)13-4-3-7-22-13/h3-8H,1-2H3,(H,17,20)(H,19,21). The molecule has 1 heterocycles. The lowest BCUT2D eigenvalue weighted by Gasteiger charge is -2.07. The van der Waals surface area contributed by atoms with Crippen LogP contribution in [0.25, 0.3) is 0 Å². The number of carbonyl (C=O) groups excluding carboxylic acids is 2. The van der Waals surface area contributed by atoms with Gasteiger partial charge in [-0.1, -0.05) is 15.9 Å². The van der Waals surface area contributed by atoms with Crippen LogP contribution in [-0.2, 0) is 9.59 Å². The molecule has 1 aromatic heterocycles. The SMILES string of the molecule is CC(=NNC(=O)C(=O)Nc1ccc(Br)cc1C)c1ccco1. The van der Waals surface area contributed by atoms with E-state index in [-0.39, 0.29) is 0 Å². The van der Waals surface area contributed by atoms with Crippen molar-refractivity contribution >= 4 is 39.1 Å². The Morgan fingerprint density at radius 3 is 2.64 bits per heavy atom. The molecule has 0 spiro atoms. The number of amides is 2. The van der Waals surface area contributed by atoms with Crippen LogP contribution in [0.4, 0.5) is 5.69 Å². The number of rotatable bonds is 3. The molecule has 2 amide bonds. The van der Waals surface area contributed by atoms with Crippen molar-refractivity contribution in [3.8, 4) is 0 Å². The molecule has 7 heteroatoms. The lowest BCUT2D eigenvalue weighted by molar-refractivity contribution is -0.136. The Hall–Kier alpha value is -2.41. The minimum atomic E-state index is -0.853. The van der Waals surface area contributed by atoms with E-state index in [4.69, 9.17) is 4.42 Å². The van der Waals surface area contributed by atoms with E-state index in [1.54, 1.807) is 31.2 Å². The highest BCUT2D eigenvalue weighted by Crippen LogP contribution is 2.19. The molecule has 0 aliphatic heterocycles. The van der Waals surface area contributed by atoms with Gasteiger partial charge in [-0.15, -0.1) is 0 Å². The minimum absolute atomic E-state index is 0.464. The number of hydrogen-bond donors (Lipinski definition) is 2. The number of furan rings is 1. The number of carbonyl (C=O) groups is 2. The third kappa shape index (κ3) is 4.05. The first-order chi connectivity index (χ1) is 10.5. The fourth-order valence-electron chi connectivity index (χ4n) is 1.67. The summed E-state index contributed by atoms with van der Waals surface area (Å²) < 4.78 is 6.02. The second kappa shape index (κ2) is 7.04. The van der Waals surface area contributed by atoms with Gasteiger partial charge in [0.05, 0.1) is 6.26 Å². The number of hydrazone groups is 1. The van der Waals surface area contributed by atoms with Crippen LogP contribution in [0.3, 0.4) is 0 Å². The fourth-order valence-corrected chi connectivity index (χ4v) is 2.15. The zero-order valence-corrected chi connectivity index (χ0v) is 13.6. The van der Waals surface area contributed by atoms with E-state index >= 15 is 0 Å². The van der Waals surface area contributed by atoms with Gasteiger partial charge in [0.1, 0.15) is 11.5 Å². The van der Waals surface area contributed by atoms with Gasteiger partial charge in [-0.2, -0.15) is 5.10 Å².